The molecule has 1 aromatic heterocycles. The molecule has 2 aromatic carbocycles. The van der Waals surface area contributed by atoms with E-state index in [9.17, 15) is 13.2 Å². The Kier molecular flexibility index (Phi) is 5.42. The summed E-state index contributed by atoms with van der Waals surface area (Å²) < 4.78 is 35.2. The zero-order valence-electron chi connectivity index (χ0n) is 17.5. The minimum Gasteiger partial charge on any atom is -0.449 e. The van der Waals surface area contributed by atoms with E-state index >= 15 is 0 Å². The number of carbonyl (C=O) groups excluding carboxylic acids is 1. The van der Waals surface area contributed by atoms with Crippen LogP contribution in [0.15, 0.2) is 45.7 Å². The Morgan fingerprint density at radius 1 is 1.07 bits per heavy atom. The third kappa shape index (κ3) is 3.63. The van der Waals surface area contributed by atoms with E-state index in [4.69, 9.17) is 4.42 Å². The first-order valence-corrected chi connectivity index (χ1v) is 11.6. The van der Waals surface area contributed by atoms with E-state index in [0.29, 0.717) is 29.6 Å². The summed E-state index contributed by atoms with van der Waals surface area (Å²) in [6.45, 7) is 7.05. The van der Waals surface area contributed by atoms with E-state index in [-0.39, 0.29) is 28.7 Å². The number of aryl methyl sites for hydroxylation is 2. The molecule has 0 atom stereocenters. The van der Waals surface area contributed by atoms with Gasteiger partial charge in [0, 0.05) is 30.6 Å². The molecule has 1 aliphatic rings. The summed E-state index contributed by atoms with van der Waals surface area (Å²) >= 11 is 0. The highest BCUT2D eigenvalue weighted by atomic mass is 32.2. The summed E-state index contributed by atoms with van der Waals surface area (Å²) in [6.07, 6.45) is 1.96. The van der Waals surface area contributed by atoms with Gasteiger partial charge in [-0.3, -0.25) is 4.79 Å². The monoisotopic (exact) mass is 426 g/mol. The zero-order valence-corrected chi connectivity index (χ0v) is 18.3. The largest absolute Gasteiger partial charge is 0.449 e. The van der Waals surface area contributed by atoms with Crippen molar-refractivity contribution in [3.63, 3.8) is 0 Å². The number of nitrogens with zero attached hydrogens (tertiary/aromatic N) is 1. The molecule has 30 heavy (non-hydrogen) atoms. The molecule has 7 heteroatoms. The average Bonchev–Trinajstić information content (AvgIpc) is 3.37. The number of rotatable bonds is 5. The minimum absolute atomic E-state index is 0.108. The Balaban J connectivity index is 1.79. The maximum absolute atomic E-state index is 13.3. The molecule has 1 N–H and O–H groups in total. The van der Waals surface area contributed by atoms with E-state index < -0.39 is 10.0 Å². The highest BCUT2D eigenvalue weighted by Crippen LogP contribution is 2.35. The molecule has 0 unspecified atom stereocenters. The van der Waals surface area contributed by atoms with Crippen LogP contribution in [0.4, 0.5) is 0 Å². The lowest BCUT2D eigenvalue weighted by molar-refractivity contribution is 0.0762. The van der Waals surface area contributed by atoms with Gasteiger partial charge >= 0.3 is 0 Å². The van der Waals surface area contributed by atoms with Gasteiger partial charge in [-0.25, -0.2) is 13.1 Å². The molecule has 4 rings (SSSR count). The average molecular weight is 427 g/mol. The smallest absolute Gasteiger partial charge is 0.289 e. The summed E-state index contributed by atoms with van der Waals surface area (Å²) in [5.74, 6) is 0.0634. The molecule has 0 spiro atoms. The fourth-order valence-corrected chi connectivity index (χ4v) is 5.44. The molecule has 1 fully saturated rings. The van der Waals surface area contributed by atoms with E-state index in [0.717, 1.165) is 24.0 Å². The molecule has 0 saturated carbocycles. The van der Waals surface area contributed by atoms with Crippen molar-refractivity contribution in [2.45, 2.75) is 45.1 Å². The molecule has 158 valence electrons. The van der Waals surface area contributed by atoms with Gasteiger partial charge in [0.15, 0.2) is 11.3 Å². The summed E-state index contributed by atoms with van der Waals surface area (Å²) in [5.41, 5.74) is 3.26. The van der Waals surface area contributed by atoms with Gasteiger partial charge in [0.2, 0.25) is 10.0 Å². The second-order valence-electron chi connectivity index (χ2n) is 7.89. The summed E-state index contributed by atoms with van der Waals surface area (Å²) in [4.78, 5) is 14.8. The van der Waals surface area contributed by atoms with Crippen molar-refractivity contribution in [2.24, 2.45) is 0 Å². The Morgan fingerprint density at radius 3 is 2.40 bits per heavy atom. The molecule has 1 saturated heterocycles. The van der Waals surface area contributed by atoms with Crippen LogP contribution >= 0.6 is 0 Å². The lowest BCUT2D eigenvalue weighted by atomic mass is 10.0. The maximum Gasteiger partial charge on any atom is 0.289 e. The van der Waals surface area contributed by atoms with Crippen molar-refractivity contribution >= 4 is 26.9 Å². The highest BCUT2D eigenvalue weighted by molar-refractivity contribution is 7.89. The van der Waals surface area contributed by atoms with Crippen molar-refractivity contribution in [2.75, 3.05) is 13.1 Å². The van der Waals surface area contributed by atoms with E-state index in [2.05, 4.69) is 4.72 Å². The van der Waals surface area contributed by atoms with Gasteiger partial charge in [-0.1, -0.05) is 30.3 Å². The van der Waals surface area contributed by atoms with Crippen molar-refractivity contribution in [1.82, 2.24) is 9.62 Å². The van der Waals surface area contributed by atoms with Gasteiger partial charge in [-0.05, 0) is 56.4 Å². The number of sulfonamides is 1. The van der Waals surface area contributed by atoms with Crippen molar-refractivity contribution in [1.29, 1.82) is 0 Å². The van der Waals surface area contributed by atoms with Crippen molar-refractivity contribution in [3.05, 3.63) is 64.4 Å². The third-order valence-electron chi connectivity index (χ3n) is 5.86. The van der Waals surface area contributed by atoms with Crippen LogP contribution in [0.25, 0.3) is 11.0 Å². The number of nitrogens with one attached hydrogen (secondary N) is 1. The minimum atomic E-state index is -3.86. The first-order valence-electron chi connectivity index (χ1n) is 10.2. The van der Waals surface area contributed by atoms with Gasteiger partial charge in [-0.15, -0.1) is 0 Å². The predicted molar refractivity (Wildman–Crippen MR) is 116 cm³/mol. The molecule has 1 amide bonds. The van der Waals surface area contributed by atoms with Crippen LogP contribution in [0.2, 0.25) is 0 Å². The Hall–Kier alpha value is -2.64. The van der Waals surface area contributed by atoms with Gasteiger partial charge < -0.3 is 9.32 Å². The molecule has 0 radical (unpaired) electrons. The molecule has 1 aliphatic heterocycles. The van der Waals surface area contributed by atoms with E-state index in [1.165, 1.54) is 0 Å². The summed E-state index contributed by atoms with van der Waals surface area (Å²) in [7, 11) is -3.86. The van der Waals surface area contributed by atoms with Gasteiger partial charge in [0.05, 0.1) is 0 Å². The Labute approximate surface area is 176 Å². The van der Waals surface area contributed by atoms with Crippen LogP contribution in [-0.2, 0) is 16.6 Å². The number of furan rings is 1. The van der Waals surface area contributed by atoms with Gasteiger partial charge in [0.1, 0.15) is 4.90 Å². The van der Waals surface area contributed by atoms with Crippen LogP contribution in [0.3, 0.4) is 0 Å². The normalized spacial score (nSPS) is 14.6. The second-order valence-corrected chi connectivity index (χ2v) is 9.59. The fraction of sp³-hybridized carbons (Fsp3) is 0.348. The highest BCUT2D eigenvalue weighted by Gasteiger charge is 2.30. The molecule has 6 nitrogen and oxygen atoms in total. The molecular weight excluding hydrogens is 400 g/mol. The van der Waals surface area contributed by atoms with Crippen molar-refractivity contribution < 1.29 is 17.6 Å². The van der Waals surface area contributed by atoms with Gasteiger partial charge in [-0.2, -0.15) is 0 Å². The Morgan fingerprint density at radius 2 is 1.73 bits per heavy atom. The van der Waals surface area contributed by atoms with Crippen LogP contribution in [0.5, 0.6) is 0 Å². The number of fused-ring (bicyclic) bond motifs is 1. The van der Waals surface area contributed by atoms with E-state index in [1.807, 2.05) is 50.2 Å². The van der Waals surface area contributed by atoms with Crippen LogP contribution in [0.1, 0.15) is 45.7 Å². The lowest BCUT2D eigenvalue weighted by Crippen LogP contribution is -2.27. The number of hydrogen-bond donors (Lipinski definition) is 1. The van der Waals surface area contributed by atoms with E-state index in [1.54, 1.807) is 11.8 Å². The molecule has 2 heterocycles. The quantitative estimate of drug-likeness (QED) is 0.667. The second kappa shape index (κ2) is 7.89. The molecular formula is C23H26N2O4S. The zero-order chi connectivity index (χ0) is 21.5. The third-order valence-corrected chi connectivity index (χ3v) is 7.41. The van der Waals surface area contributed by atoms with Gasteiger partial charge in [0.25, 0.3) is 5.91 Å². The predicted octanol–water partition coefficient (Wildman–Crippen LogP) is 4.07. The summed E-state index contributed by atoms with van der Waals surface area (Å²) in [5, 5.41) is 0.667. The topological polar surface area (TPSA) is 79.6 Å². The number of hydrogen-bond acceptors (Lipinski definition) is 4. The summed E-state index contributed by atoms with van der Waals surface area (Å²) in [6, 6.07) is 11.3. The molecule has 0 bridgehead atoms. The number of carbonyl (C=O) groups is 1. The lowest BCUT2D eigenvalue weighted by Gasteiger charge is -2.13. The van der Waals surface area contributed by atoms with Crippen LogP contribution in [0, 0.1) is 20.8 Å². The first kappa shape index (κ1) is 20.6. The standard InChI is InChI=1S/C23H26N2O4S/c1-15-13-19-17(3)20(23(26)25-11-7-8-12-25)29-21(19)22(16(15)2)30(27,28)24-14-18-9-5-4-6-10-18/h4-6,9-10,13,24H,7-8,11-12,14H2,1-3H3. The maximum atomic E-state index is 13.3. The number of amides is 1. The SMILES string of the molecule is Cc1cc2c(C)c(C(=O)N3CCCC3)oc2c(S(=O)(=O)NCc2ccccc2)c1C. The molecule has 3 aromatic rings. The number of likely N-dealkylation sites (tertiary alicyclic amines) is 1. The number of benzene rings is 2. The Bertz CT molecular complexity index is 1210. The molecule has 0 aliphatic carbocycles. The first-order chi connectivity index (χ1) is 14.3. The van der Waals surface area contributed by atoms with Crippen LogP contribution in [-0.4, -0.2) is 32.3 Å². The van der Waals surface area contributed by atoms with Crippen molar-refractivity contribution in [3.8, 4) is 0 Å². The fourth-order valence-electron chi connectivity index (χ4n) is 3.98. The van der Waals surface area contributed by atoms with Crippen LogP contribution < -0.4 is 4.72 Å².